The molecule has 0 aromatic carbocycles. The lowest BCUT2D eigenvalue weighted by Gasteiger charge is -2.15. The number of nitrogens with zero attached hydrogens (tertiary/aromatic N) is 3. The topological polar surface area (TPSA) is 42.7 Å². The van der Waals surface area contributed by atoms with Gasteiger partial charge in [-0.1, -0.05) is 25.1 Å². The van der Waals surface area contributed by atoms with Gasteiger partial charge in [-0.05, 0) is 39.2 Å². The highest BCUT2D eigenvalue weighted by Gasteiger charge is 2.36. The Kier molecular flexibility index (Phi) is 4.12. The molecule has 106 valence electrons. The third kappa shape index (κ3) is 3.14. The molecule has 2 fully saturated rings. The van der Waals surface area contributed by atoms with E-state index >= 15 is 0 Å². The van der Waals surface area contributed by atoms with Crippen LogP contribution < -0.4 is 5.32 Å². The lowest BCUT2D eigenvalue weighted by Crippen LogP contribution is -2.27. The molecule has 0 aliphatic heterocycles. The second-order valence-corrected chi connectivity index (χ2v) is 6.79. The fourth-order valence-electron chi connectivity index (χ4n) is 2.52. The molecule has 3 rings (SSSR count). The van der Waals surface area contributed by atoms with Crippen molar-refractivity contribution in [2.75, 3.05) is 12.8 Å². The molecule has 0 amide bonds. The third-order valence-corrected chi connectivity index (χ3v) is 5.11. The molecule has 2 aliphatic rings. The van der Waals surface area contributed by atoms with Crippen molar-refractivity contribution in [1.29, 1.82) is 0 Å². The number of rotatable bonds is 8. The summed E-state index contributed by atoms with van der Waals surface area (Å²) in [6, 6.07) is 1.29. The maximum absolute atomic E-state index is 4.46. The fraction of sp³-hybridized carbons (Fsp3) is 0.857. The predicted octanol–water partition coefficient (Wildman–Crippen LogP) is 2.97. The van der Waals surface area contributed by atoms with Gasteiger partial charge in [-0.2, -0.15) is 0 Å². The molecule has 2 saturated carbocycles. The summed E-state index contributed by atoms with van der Waals surface area (Å²) in [5.74, 6) is 3.07. The van der Waals surface area contributed by atoms with Crippen LogP contribution in [0.1, 0.15) is 63.2 Å². The highest BCUT2D eigenvalue weighted by molar-refractivity contribution is 7.99. The Morgan fingerprint density at radius 1 is 1.32 bits per heavy atom. The molecule has 1 unspecified atom stereocenters. The standard InChI is InChI=1S/C14H24N4S/c1-3-4-11(15-2)9-19-14-17-16-13(10-5-6-10)18(14)12-7-8-12/h10-12,15H,3-9H2,1-2H3. The van der Waals surface area contributed by atoms with Gasteiger partial charge in [-0.15, -0.1) is 10.2 Å². The van der Waals surface area contributed by atoms with Gasteiger partial charge in [-0.25, -0.2) is 0 Å². The number of aromatic nitrogens is 3. The van der Waals surface area contributed by atoms with E-state index in [1.54, 1.807) is 0 Å². The Morgan fingerprint density at radius 3 is 2.68 bits per heavy atom. The summed E-state index contributed by atoms with van der Waals surface area (Å²) < 4.78 is 2.45. The monoisotopic (exact) mass is 280 g/mol. The second kappa shape index (κ2) is 5.83. The van der Waals surface area contributed by atoms with Crippen LogP contribution in [0, 0.1) is 0 Å². The molecule has 0 spiro atoms. The average Bonchev–Trinajstić information content (AvgIpc) is 3.33. The van der Waals surface area contributed by atoms with Gasteiger partial charge in [0.2, 0.25) is 0 Å². The maximum Gasteiger partial charge on any atom is 0.191 e. The summed E-state index contributed by atoms with van der Waals surface area (Å²) in [5.41, 5.74) is 0. The van der Waals surface area contributed by atoms with Crippen molar-refractivity contribution in [2.24, 2.45) is 0 Å². The van der Waals surface area contributed by atoms with E-state index in [-0.39, 0.29) is 0 Å². The highest BCUT2D eigenvalue weighted by Crippen LogP contribution is 2.46. The predicted molar refractivity (Wildman–Crippen MR) is 78.7 cm³/mol. The van der Waals surface area contributed by atoms with Gasteiger partial charge in [0.15, 0.2) is 5.16 Å². The van der Waals surface area contributed by atoms with E-state index in [4.69, 9.17) is 0 Å². The lowest BCUT2D eigenvalue weighted by atomic mass is 10.2. The maximum atomic E-state index is 4.46. The Hall–Kier alpha value is -0.550. The molecule has 2 aliphatic carbocycles. The normalized spacial score (nSPS) is 20.7. The summed E-state index contributed by atoms with van der Waals surface area (Å²) in [6.45, 7) is 2.24. The van der Waals surface area contributed by atoms with Gasteiger partial charge < -0.3 is 9.88 Å². The second-order valence-electron chi connectivity index (χ2n) is 5.80. The van der Waals surface area contributed by atoms with Crippen LogP contribution in [-0.2, 0) is 0 Å². The first-order chi connectivity index (χ1) is 9.33. The number of hydrogen-bond donors (Lipinski definition) is 1. The van der Waals surface area contributed by atoms with Crippen LogP contribution in [0.2, 0.25) is 0 Å². The quantitative estimate of drug-likeness (QED) is 0.743. The smallest absolute Gasteiger partial charge is 0.191 e. The first-order valence-electron chi connectivity index (χ1n) is 7.58. The van der Waals surface area contributed by atoms with E-state index in [1.807, 2.05) is 11.8 Å². The minimum atomic E-state index is 0.587. The van der Waals surface area contributed by atoms with Crippen molar-refractivity contribution in [2.45, 2.75) is 68.6 Å². The van der Waals surface area contributed by atoms with Crippen LogP contribution in [0.25, 0.3) is 0 Å². The summed E-state index contributed by atoms with van der Waals surface area (Å²) in [4.78, 5) is 0. The molecule has 1 atom stereocenters. The van der Waals surface area contributed by atoms with Crippen LogP contribution >= 0.6 is 11.8 Å². The molecular formula is C14H24N4S. The van der Waals surface area contributed by atoms with Crippen molar-refractivity contribution in [3.63, 3.8) is 0 Å². The number of hydrogen-bond acceptors (Lipinski definition) is 4. The average molecular weight is 280 g/mol. The molecule has 19 heavy (non-hydrogen) atoms. The molecule has 0 bridgehead atoms. The van der Waals surface area contributed by atoms with Crippen LogP contribution in [-0.4, -0.2) is 33.6 Å². The minimum Gasteiger partial charge on any atom is -0.316 e. The zero-order valence-corrected chi connectivity index (χ0v) is 12.7. The molecule has 1 heterocycles. The van der Waals surface area contributed by atoms with Crippen LogP contribution in [0.3, 0.4) is 0 Å². The van der Waals surface area contributed by atoms with Crippen molar-refractivity contribution >= 4 is 11.8 Å². The third-order valence-electron chi connectivity index (χ3n) is 4.00. The summed E-state index contributed by atoms with van der Waals surface area (Å²) in [7, 11) is 2.06. The zero-order chi connectivity index (χ0) is 13.2. The minimum absolute atomic E-state index is 0.587. The van der Waals surface area contributed by atoms with Gasteiger partial charge in [0, 0.05) is 23.8 Å². The summed E-state index contributed by atoms with van der Waals surface area (Å²) >= 11 is 1.88. The van der Waals surface area contributed by atoms with Gasteiger partial charge in [0.25, 0.3) is 0 Å². The van der Waals surface area contributed by atoms with Crippen molar-refractivity contribution in [3.8, 4) is 0 Å². The van der Waals surface area contributed by atoms with E-state index in [0.717, 1.165) is 10.9 Å². The van der Waals surface area contributed by atoms with E-state index in [2.05, 4.69) is 34.1 Å². The van der Waals surface area contributed by atoms with Crippen LogP contribution in [0.15, 0.2) is 5.16 Å². The molecule has 1 aromatic heterocycles. The summed E-state index contributed by atoms with van der Waals surface area (Å²) in [5, 5.41) is 13.5. The van der Waals surface area contributed by atoms with Gasteiger partial charge in [0.05, 0.1) is 0 Å². The van der Waals surface area contributed by atoms with E-state index in [0.29, 0.717) is 18.0 Å². The van der Waals surface area contributed by atoms with Crippen molar-refractivity contribution in [1.82, 2.24) is 20.1 Å². The molecule has 0 saturated heterocycles. The molecule has 4 nitrogen and oxygen atoms in total. The Bertz CT molecular complexity index is 423. The number of nitrogens with one attached hydrogen (secondary N) is 1. The lowest BCUT2D eigenvalue weighted by molar-refractivity contribution is 0.562. The molecule has 0 radical (unpaired) electrons. The Labute approximate surface area is 119 Å². The van der Waals surface area contributed by atoms with Crippen LogP contribution in [0.4, 0.5) is 0 Å². The SMILES string of the molecule is CCCC(CSc1nnc(C2CC2)n1C1CC1)NC. The fourth-order valence-corrected chi connectivity index (χ4v) is 3.68. The first-order valence-corrected chi connectivity index (χ1v) is 8.56. The molecule has 1 N–H and O–H groups in total. The van der Waals surface area contributed by atoms with Gasteiger partial charge in [0.1, 0.15) is 5.82 Å². The number of thioether (sulfide) groups is 1. The molecule has 5 heteroatoms. The molecular weight excluding hydrogens is 256 g/mol. The zero-order valence-electron chi connectivity index (χ0n) is 11.9. The van der Waals surface area contributed by atoms with Crippen molar-refractivity contribution < 1.29 is 0 Å². The summed E-state index contributed by atoms with van der Waals surface area (Å²) in [6.07, 6.45) is 7.71. The van der Waals surface area contributed by atoms with Gasteiger partial charge >= 0.3 is 0 Å². The van der Waals surface area contributed by atoms with E-state index in [9.17, 15) is 0 Å². The first kappa shape index (κ1) is 13.4. The van der Waals surface area contributed by atoms with E-state index < -0.39 is 0 Å². The van der Waals surface area contributed by atoms with Gasteiger partial charge in [-0.3, -0.25) is 0 Å². The Morgan fingerprint density at radius 2 is 2.11 bits per heavy atom. The highest BCUT2D eigenvalue weighted by atomic mass is 32.2. The Balaban J connectivity index is 1.66. The molecule has 1 aromatic rings. The largest absolute Gasteiger partial charge is 0.316 e. The van der Waals surface area contributed by atoms with E-state index in [1.165, 1.54) is 44.3 Å². The van der Waals surface area contributed by atoms with Crippen molar-refractivity contribution in [3.05, 3.63) is 5.82 Å². The van der Waals surface area contributed by atoms with Crippen LogP contribution in [0.5, 0.6) is 0 Å².